The Morgan fingerprint density at radius 2 is 2.04 bits per heavy atom. The van der Waals surface area contributed by atoms with Gasteiger partial charge in [0.1, 0.15) is 5.82 Å². The Morgan fingerprint density at radius 3 is 2.86 bits per heavy atom. The fourth-order valence-electron chi connectivity index (χ4n) is 3.75. The molecule has 0 bridgehead atoms. The van der Waals surface area contributed by atoms with Gasteiger partial charge in [-0.15, -0.1) is 0 Å². The minimum absolute atomic E-state index is 0.0178. The van der Waals surface area contributed by atoms with Crippen LogP contribution in [0.4, 0.5) is 0 Å². The summed E-state index contributed by atoms with van der Waals surface area (Å²) in [6.07, 6.45) is 0.700. The lowest BCUT2D eigenvalue weighted by Crippen LogP contribution is -2.28. The Balaban J connectivity index is 1.45. The van der Waals surface area contributed by atoms with Gasteiger partial charge in [0.05, 0.1) is 21.4 Å². The lowest BCUT2D eigenvalue weighted by molar-refractivity contribution is 0.471. The van der Waals surface area contributed by atoms with Crippen molar-refractivity contribution in [3.8, 4) is 0 Å². The highest BCUT2D eigenvalue weighted by molar-refractivity contribution is 7.89. The number of oxazole rings is 1. The number of benzene rings is 2. The number of aryl methyl sites for hydroxylation is 1. The van der Waals surface area contributed by atoms with Crippen molar-refractivity contribution in [3.05, 3.63) is 58.8 Å². The van der Waals surface area contributed by atoms with Gasteiger partial charge in [0, 0.05) is 26.1 Å². The van der Waals surface area contributed by atoms with E-state index in [9.17, 15) is 13.2 Å². The van der Waals surface area contributed by atoms with Gasteiger partial charge in [-0.05, 0) is 36.8 Å². The van der Waals surface area contributed by atoms with Crippen molar-refractivity contribution in [3.63, 3.8) is 0 Å². The minimum atomic E-state index is -3.67. The number of fused-ring (bicyclic) bond motifs is 2. The highest BCUT2D eigenvalue weighted by Crippen LogP contribution is 2.31. The Morgan fingerprint density at radius 1 is 1.21 bits per heavy atom. The molecule has 1 aliphatic rings. The zero-order valence-electron chi connectivity index (χ0n) is 15.1. The van der Waals surface area contributed by atoms with Crippen LogP contribution in [0.1, 0.15) is 18.2 Å². The summed E-state index contributed by atoms with van der Waals surface area (Å²) < 4.78 is 34.1. The van der Waals surface area contributed by atoms with Crippen LogP contribution < -0.4 is 5.76 Å². The predicted molar refractivity (Wildman–Crippen MR) is 104 cm³/mol. The van der Waals surface area contributed by atoms with Crippen LogP contribution in [0, 0.1) is 0 Å². The normalized spacial score (nSPS) is 18.4. The van der Waals surface area contributed by atoms with E-state index in [1.807, 2.05) is 24.3 Å². The highest BCUT2D eigenvalue weighted by atomic mass is 32.2. The third-order valence-electron chi connectivity index (χ3n) is 5.35. The molecular weight excluding hydrogens is 380 g/mol. The second-order valence-electron chi connectivity index (χ2n) is 7.04. The molecule has 28 heavy (non-hydrogen) atoms. The largest absolute Gasteiger partial charge is 0.419 e. The van der Waals surface area contributed by atoms with E-state index in [4.69, 9.17) is 4.42 Å². The number of aromatic nitrogens is 3. The molecule has 1 N–H and O–H groups in total. The summed E-state index contributed by atoms with van der Waals surface area (Å²) >= 11 is 0. The van der Waals surface area contributed by atoms with E-state index in [0.717, 1.165) is 16.9 Å². The molecule has 0 radical (unpaired) electrons. The van der Waals surface area contributed by atoms with Crippen LogP contribution in [0.5, 0.6) is 0 Å². The number of imidazole rings is 1. The monoisotopic (exact) mass is 398 g/mol. The van der Waals surface area contributed by atoms with E-state index >= 15 is 0 Å². The van der Waals surface area contributed by atoms with Gasteiger partial charge in [-0.25, -0.2) is 18.2 Å². The number of nitrogens with zero attached hydrogens (tertiary/aromatic N) is 3. The molecule has 9 heteroatoms. The van der Waals surface area contributed by atoms with Gasteiger partial charge in [-0.2, -0.15) is 4.31 Å². The van der Waals surface area contributed by atoms with Crippen LogP contribution in [-0.2, 0) is 17.1 Å². The summed E-state index contributed by atoms with van der Waals surface area (Å²) in [7, 11) is -2.12. The van der Waals surface area contributed by atoms with Crippen LogP contribution in [0.25, 0.3) is 22.1 Å². The Labute approximate surface area is 160 Å². The third-order valence-corrected chi connectivity index (χ3v) is 7.21. The van der Waals surface area contributed by atoms with Gasteiger partial charge in [0.15, 0.2) is 5.58 Å². The van der Waals surface area contributed by atoms with Crippen molar-refractivity contribution in [1.82, 2.24) is 18.8 Å². The topological polar surface area (TPSA) is 101 Å². The molecule has 5 rings (SSSR count). The summed E-state index contributed by atoms with van der Waals surface area (Å²) in [5, 5.41) is 0. The van der Waals surface area contributed by atoms with Gasteiger partial charge >= 0.3 is 5.76 Å². The first-order valence-corrected chi connectivity index (χ1v) is 10.4. The highest BCUT2D eigenvalue weighted by Gasteiger charge is 2.35. The first-order valence-electron chi connectivity index (χ1n) is 8.98. The maximum atomic E-state index is 13.1. The molecule has 1 saturated heterocycles. The number of para-hydroxylation sites is 2. The minimum Gasteiger partial charge on any atom is -0.408 e. The predicted octanol–water partition coefficient (Wildman–Crippen LogP) is 2.19. The number of H-pyrrole nitrogens is 1. The molecule has 144 valence electrons. The molecular formula is C19H18N4O4S. The van der Waals surface area contributed by atoms with E-state index in [1.165, 1.54) is 27.1 Å². The van der Waals surface area contributed by atoms with Crippen molar-refractivity contribution < 1.29 is 12.8 Å². The Hall–Kier alpha value is -2.91. The Bertz CT molecular complexity index is 1330. The van der Waals surface area contributed by atoms with Crippen LogP contribution in [-0.4, -0.2) is 40.3 Å². The average Bonchev–Trinajstić information content (AvgIpc) is 3.39. The van der Waals surface area contributed by atoms with Gasteiger partial charge in [-0.3, -0.25) is 4.57 Å². The van der Waals surface area contributed by atoms with Crippen LogP contribution in [0.2, 0.25) is 0 Å². The van der Waals surface area contributed by atoms with Crippen molar-refractivity contribution in [2.75, 3.05) is 13.1 Å². The van der Waals surface area contributed by atoms with Crippen molar-refractivity contribution >= 4 is 32.2 Å². The van der Waals surface area contributed by atoms with Gasteiger partial charge in [0.25, 0.3) is 0 Å². The summed E-state index contributed by atoms with van der Waals surface area (Å²) in [5.74, 6) is 0.312. The number of rotatable bonds is 3. The average molecular weight is 398 g/mol. The summed E-state index contributed by atoms with van der Waals surface area (Å²) in [4.78, 5) is 19.7. The fraction of sp³-hybridized carbons (Fsp3) is 0.263. The molecule has 0 amide bonds. The zero-order chi connectivity index (χ0) is 19.5. The molecule has 0 aliphatic carbocycles. The molecule has 0 spiro atoms. The van der Waals surface area contributed by atoms with Crippen LogP contribution >= 0.6 is 0 Å². The van der Waals surface area contributed by atoms with E-state index in [0.29, 0.717) is 30.6 Å². The van der Waals surface area contributed by atoms with Crippen molar-refractivity contribution in [2.24, 2.45) is 7.05 Å². The van der Waals surface area contributed by atoms with Gasteiger partial charge in [-0.1, -0.05) is 12.1 Å². The van der Waals surface area contributed by atoms with Crippen LogP contribution in [0.15, 0.2) is 56.6 Å². The summed E-state index contributed by atoms with van der Waals surface area (Å²) in [6, 6.07) is 12.3. The molecule has 1 fully saturated rings. The number of hydrogen-bond acceptors (Lipinski definition) is 5. The number of hydrogen-bond donors (Lipinski definition) is 1. The molecule has 3 heterocycles. The van der Waals surface area contributed by atoms with Gasteiger partial charge in [0.2, 0.25) is 10.0 Å². The maximum absolute atomic E-state index is 13.1. The van der Waals surface area contributed by atoms with Crippen LogP contribution in [0.3, 0.4) is 0 Å². The van der Waals surface area contributed by atoms with Crippen molar-refractivity contribution in [2.45, 2.75) is 17.2 Å². The lowest BCUT2D eigenvalue weighted by Gasteiger charge is -2.16. The lowest BCUT2D eigenvalue weighted by atomic mass is 10.1. The second-order valence-corrected chi connectivity index (χ2v) is 8.98. The number of aromatic amines is 1. The standard InChI is InChI=1S/C19H18N4O4S/c1-22-16-10-13(6-7-17(16)27-19(22)24)28(25,26)23-9-8-12(11-23)18-20-14-4-2-3-5-15(14)21-18/h2-7,10,12H,8-9,11H2,1H3,(H,20,21). The van der Waals surface area contributed by atoms with E-state index in [1.54, 1.807) is 7.05 Å². The first kappa shape index (κ1) is 17.2. The molecule has 1 aliphatic heterocycles. The van der Waals surface area contributed by atoms with Gasteiger partial charge < -0.3 is 9.40 Å². The summed E-state index contributed by atoms with van der Waals surface area (Å²) in [6.45, 7) is 0.789. The quantitative estimate of drug-likeness (QED) is 0.570. The smallest absolute Gasteiger partial charge is 0.408 e. The van der Waals surface area contributed by atoms with Crippen molar-refractivity contribution in [1.29, 1.82) is 0 Å². The molecule has 0 saturated carbocycles. The number of nitrogens with one attached hydrogen (secondary N) is 1. The first-order chi connectivity index (χ1) is 13.4. The molecule has 1 unspecified atom stereocenters. The van der Waals surface area contributed by atoms with E-state index in [2.05, 4.69) is 9.97 Å². The molecule has 8 nitrogen and oxygen atoms in total. The van der Waals surface area contributed by atoms with E-state index < -0.39 is 15.8 Å². The maximum Gasteiger partial charge on any atom is 0.419 e. The molecule has 1 atom stereocenters. The Kier molecular flexibility index (Phi) is 3.72. The number of sulfonamides is 1. The molecule has 2 aromatic heterocycles. The zero-order valence-corrected chi connectivity index (χ0v) is 15.9. The van der Waals surface area contributed by atoms with E-state index in [-0.39, 0.29) is 10.8 Å². The molecule has 2 aromatic carbocycles. The SMILES string of the molecule is Cn1c(=O)oc2ccc(S(=O)(=O)N3CCC(c4nc5ccccc5[nH]4)C3)cc21. The second kappa shape index (κ2) is 6.05. The molecule has 4 aromatic rings. The third kappa shape index (κ3) is 2.58. The summed E-state index contributed by atoms with van der Waals surface area (Å²) in [5.41, 5.74) is 2.65. The fourth-order valence-corrected chi connectivity index (χ4v) is 5.27.